The molecule has 3 heterocycles. The summed E-state index contributed by atoms with van der Waals surface area (Å²) in [6, 6.07) is 11.3. The molecule has 3 aliphatic heterocycles. The van der Waals surface area contributed by atoms with Gasteiger partial charge in [-0.15, -0.1) is 0 Å². The third-order valence-electron chi connectivity index (χ3n) is 5.74. The van der Waals surface area contributed by atoms with E-state index >= 15 is 0 Å². The standard InChI is InChI=1S/C22H21NO5S/c1-14-2-4-15(5-3-14)10-20-21(24)17-6-7-19-18(22(17)28-20)11-23(13-27-19)16-8-9-29(25,26)12-16/h2-7,10,16H,8-9,11-13H2,1H3/b20-10+. The maximum absolute atomic E-state index is 12.8. The minimum atomic E-state index is -2.98. The molecule has 0 amide bonds. The fraction of sp³-hybridized carbons (Fsp3) is 0.318. The average Bonchev–Trinajstić information content (AvgIpc) is 3.23. The van der Waals surface area contributed by atoms with Gasteiger partial charge in [0.05, 0.1) is 22.6 Å². The van der Waals surface area contributed by atoms with Crippen molar-refractivity contribution in [1.29, 1.82) is 0 Å². The Morgan fingerprint density at radius 1 is 1.14 bits per heavy atom. The van der Waals surface area contributed by atoms with Crippen molar-refractivity contribution >= 4 is 21.7 Å². The van der Waals surface area contributed by atoms with Crippen LogP contribution in [0.15, 0.2) is 42.2 Å². The lowest BCUT2D eigenvalue weighted by Gasteiger charge is -2.33. The Labute approximate surface area is 169 Å². The van der Waals surface area contributed by atoms with Crippen LogP contribution in [-0.2, 0) is 16.4 Å². The number of fused-ring (bicyclic) bond motifs is 3. The van der Waals surface area contributed by atoms with Crippen LogP contribution in [0.25, 0.3) is 6.08 Å². The molecule has 1 unspecified atom stereocenters. The molecule has 1 fully saturated rings. The Bertz CT molecular complexity index is 1130. The van der Waals surface area contributed by atoms with E-state index in [1.165, 1.54) is 0 Å². The summed E-state index contributed by atoms with van der Waals surface area (Å²) in [5.41, 5.74) is 3.37. The molecular weight excluding hydrogens is 390 g/mol. The molecule has 2 aromatic rings. The van der Waals surface area contributed by atoms with Gasteiger partial charge in [0.1, 0.15) is 18.2 Å². The summed E-state index contributed by atoms with van der Waals surface area (Å²) in [5, 5.41) is 0. The van der Waals surface area contributed by atoms with Crippen LogP contribution in [0.1, 0.15) is 33.5 Å². The highest BCUT2D eigenvalue weighted by Gasteiger charge is 2.38. The highest BCUT2D eigenvalue weighted by atomic mass is 32.2. The third kappa shape index (κ3) is 3.34. The van der Waals surface area contributed by atoms with Crippen LogP contribution in [0.2, 0.25) is 0 Å². The number of hydrogen-bond donors (Lipinski definition) is 0. The van der Waals surface area contributed by atoms with Crippen LogP contribution in [0.4, 0.5) is 0 Å². The molecule has 0 radical (unpaired) electrons. The van der Waals surface area contributed by atoms with Gasteiger partial charge in [0, 0.05) is 12.6 Å². The number of Topliss-reactive ketones (excluding diaryl/α,β-unsaturated/α-hetero) is 1. The summed E-state index contributed by atoms with van der Waals surface area (Å²) in [6.45, 7) is 2.85. The Morgan fingerprint density at radius 2 is 1.93 bits per heavy atom. The summed E-state index contributed by atoms with van der Waals surface area (Å²) < 4.78 is 35.6. The van der Waals surface area contributed by atoms with Crippen molar-refractivity contribution in [3.8, 4) is 11.5 Å². The molecule has 6 nitrogen and oxygen atoms in total. The van der Waals surface area contributed by atoms with E-state index in [-0.39, 0.29) is 29.1 Å². The Balaban J connectivity index is 1.45. The molecule has 2 aromatic carbocycles. The molecule has 7 heteroatoms. The highest BCUT2D eigenvalue weighted by Crippen LogP contribution is 2.42. The number of benzene rings is 2. The normalized spacial score (nSPS) is 24.1. The number of rotatable bonds is 2. The maximum atomic E-state index is 12.8. The number of carbonyl (C=O) groups excluding carboxylic acids is 1. The first-order valence-electron chi connectivity index (χ1n) is 9.64. The Hall–Kier alpha value is -2.64. The minimum Gasteiger partial charge on any atom is -0.478 e. The van der Waals surface area contributed by atoms with Crippen LogP contribution in [-0.4, -0.2) is 43.4 Å². The smallest absolute Gasteiger partial charge is 0.231 e. The summed E-state index contributed by atoms with van der Waals surface area (Å²) in [5.74, 6) is 1.72. The van der Waals surface area contributed by atoms with E-state index < -0.39 is 9.84 Å². The van der Waals surface area contributed by atoms with Crippen molar-refractivity contribution in [3.05, 3.63) is 64.4 Å². The maximum Gasteiger partial charge on any atom is 0.231 e. The van der Waals surface area contributed by atoms with Gasteiger partial charge in [0.2, 0.25) is 5.78 Å². The highest BCUT2D eigenvalue weighted by molar-refractivity contribution is 7.91. The molecule has 3 aliphatic rings. The summed E-state index contributed by atoms with van der Waals surface area (Å²) >= 11 is 0. The molecule has 0 N–H and O–H groups in total. The number of ketones is 1. The molecule has 5 rings (SSSR count). The predicted molar refractivity (Wildman–Crippen MR) is 109 cm³/mol. The first-order chi connectivity index (χ1) is 13.9. The van der Waals surface area contributed by atoms with Gasteiger partial charge in [0.15, 0.2) is 15.6 Å². The van der Waals surface area contributed by atoms with E-state index in [9.17, 15) is 13.2 Å². The number of carbonyl (C=O) groups is 1. The van der Waals surface area contributed by atoms with Crippen molar-refractivity contribution < 1.29 is 22.7 Å². The predicted octanol–water partition coefficient (Wildman–Crippen LogP) is 2.95. The third-order valence-corrected chi connectivity index (χ3v) is 7.50. The minimum absolute atomic E-state index is 0.0660. The Kier molecular flexibility index (Phi) is 4.26. The molecule has 150 valence electrons. The molecule has 0 bridgehead atoms. The molecule has 1 atom stereocenters. The molecule has 29 heavy (non-hydrogen) atoms. The summed E-state index contributed by atoms with van der Waals surface area (Å²) in [7, 11) is -2.98. The second-order valence-corrected chi connectivity index (χ2v) is 10.1. The van der Waals surface area contributed by atoms with Crippen LogP contribution >= 0.6 is 0 Å². The van der Waals surface area contributed by atoms with Gasteiger partial charge in [-0.05, 0) is 37.1 Å². The van der Waals surface area contributed by atoms with Gasteiger partial charge in [-0.25, -0.2) is 8.42 Å². The van der Waals surface area contributed by atoms with Crippen LogP contribution in [0.3, 0.4) is 0 Å². The lowest BCUT2D eigenvalue weighted by atomic mass is 10.0. The number of ether oxygens (including phenoxy) is 2. The van der Waals surface area contributed by atoms with E-state index in [1.807, 2.05) is 36.1 Å². The Morgan fingerprint density at radius 3 is 2.66 bits per heavy atom. The van der Waals surface area contributed by atoms with E-state index in [0.717, 1.165) is 16.7 Å². The quantitative estimate of drug-likeness (QED) is 0.708. The number of sulfone groups is 1. The van der Waals surface area contributed by atoms with Crippen molar-refractivity contribution in [1.82, 2.24) is 4.90 Å². The molecule has 0 spiro atoms. The molecule has 0 saturated carbocycles. The topological polar surface area (TPSA) is 72.9 Å². The molecule has 0 aromatic heterocycles. The first-order valence-corrected chi connectivity index (χ1v) is 11.5. The van der Waals surface area contributed by atoms with E-state index in [0.29, 0.717) is 36.8 Å². The van der Waals surface area contributed by atoms with Crippen molar-refractivity contribution in [2.45, 2.75) is 25.9 Å². The number of hydrogen-bond acceptors (Lipinski definition) is 6. The van der Waals surface area contributed by atoms with Crippen molar-refractivity contribution in [3.63, 3.8) is 0 Å². The summed E-state index contributed by atoms with van der Waals surface area (Å²) in [4.78, 5) is 14.9. The number of allylic oxidation sites excluding steroid dienone is 1. The number of nitrogens with zero attached hydrogens (tertiary/aromatic N) is 1. The SMILES string of the molecule is Cc1ccc(/C=C2/Oc3c(ccc4c3CN(C3CCS(=O)(=O)C3)CO4)C2=O)cc1. The van der Waals surface area contributed by atoms with Gasteiger partial charge >= 0.3 is 0 Å². The molecule has 0 aliphatic carbocycles. The molecule has 1 saturated heterocycles. The zero-order valence-corrected chi connectivity index (χ0v) is 16.9. The van der Waals surface area contributed by atoms with Crippen LogP contribution in [0, 0.1) is 6.92 Å². The number of aryl methyl sites for hydroxylation is 1. The first kappa shape index (κ1) is 18.4. The fourth-order valence-electron chi connectivity index (χ4n) is 4.09. The second kappa shape index (κ2) is 6.71. The van der Waals surface area contributed by atoms with Gasteiger partial charge in [-0.3, -0.25) is 9.69 Å². The van der Waals surface area contributed by atoms with E-state index in [4.69, 9.17) is 9.47 Å². The van der Waals surface area contributed by atoms with Gasteiger partial charge in [0.25, 0.3) is 0 Å². The lowest BCUT2D eigenvalue weighted by molar-refractivity contribution is 0.0634. The zero-order chi connectivity index (χ0) is 20.2. The van der Waals surface area contributed by atoms with Crippen LogP contribution in [0.5, 0.6) is 11.5 Å². The molecular formula is C22H21NO5S. The van der Waals surface area contributed by atoms with E-state index in [2.05, 4.69) is 0 Å². The second-order valence-electron chi connectivity index (χ2n) is 7.85. The van der Waals surface area contributed by atoms with Crippen molar-refractivity contribution in [2.75, 3.05) is 18.2 Å². The zero-order valence-electron chi connectivity index (χ0n) is 16.1. The van der Waals surface area contributed by atoms with Gasteiger partial charge < -0.3 is 9.47 Å². The average molecular weight is 411 g/mol. The lowest BCUT2D eigenvalue weighted by Crippen LogP contribution is -2.41. The van der Waals surface area contributed by atoms with E-state index in [1.54, 1.807) is 18.2 Å². The van der Waals surface area contributed by atoms with Gasteiger partial charge in [-0.2, -0.15) is 0 Å². The largest absolute Gasteiger partial charge is 0.478 e. The van der Waals surface area contributed by atoms with Gasteiger partial charge in [-0.1, -0.05) is 29.8 Å². The fourth-order valence-corrected chi connectivity index (χ4v) is 5.85. The monoisotopic (exact) mass is 411 g/mol. The summed E-state index contributed by atoms with van der Waals surface area (Å²) in [6.07, 6.45) is 2.35. The van der Waals surface area contributed by atoms with Crippen LogP contribution < -0.4 is 9.47 Å². The van der Waals surface area contributed by atoms with Crippen molar-refractivity contribution in [2.24, 2.45) is 0 Å².